The smallest absolute Gasteiger partial charge is 0.657 e. The molecule has 8 bridgehead atoms. The zero-order valence-electron chi connectivity index (χ0n) is 54.4. The minimum absolute atomic E-state index is 0. The molecule has 0 fully saturated rings. The Labute approximate surface area is 506 Å². The maximum Gasteiger partial charge on any atom is 2.00 e. The van der Waals surface area contributed by atoms with Gasteiger partial charge >= 0.3 is 19.5 Å². The minimum atomic E-state index is -0.186. The number of carbonyl (C=O) groups is 1. The van der Waals surface area contributed by atoms with Crippen molar-refractivity contribution >= 4 is 33.8 Å². The largest absolute Gasteiger partial charge is 2.00 e. The second kappa shape index (κ2) is 20.9. The molecule has 6 heteroatoms. The third-order valence-electron chi connectivity index (χ3n) is 16.6. The molecule has 0 spiro atoms. The van der Waals surface area contributed by atoms with E-state index in [2.05, 4.69) is 281 Å². The average molecular weight is 1140 g/mol. The summed E-state index contributed by atoms with van der Waals surface area (Å²) in [6, 6.07) is 36.6. The minimum Gasteiger partial charge on any atom is -0.657 e. The molecular weight excluding hydrogens is 1050 g/mol. The van der Waals surface area contributed by atoms with E-state index < -0.39 is 0 Å². The van der Waals surface area contributed by atoms with Gasteiger partial charge in [0.05, 0.1) is 17.1 Å². The summed E-state index contributed by atoms with van der Waals surface area (Å²) in [6.07, 6.45) is 6.18. The predicted molar refractivity (Wildman–Crippen MR) is 344 cm³/mol. The normalized spacial score (nSPS) is 15.8. The van der Waals surface area contributed by atoms with Crippen LogP contribution in [0.15, 0.2) is 137 Å². The average Bonchev–Trinajstić information content (AvgIpc) is 4.26. The van der Waals surface area contributed by atoms with Crippen LogP contribution in [0.25, 0.3) is 22.3 Å². The third kappa shape index (κ3) is 12.6. The quantitative estimate of drug-likeness (QED) is 0.179. The number of benzene rings is 4. The van der Waals surface area contributed by atoms with E-state index >= 15 is 4.79 Å². The van der Waals surface area contributed by atoms with Gasteiger partial charge in [0.2, 0.25) is 5.78 Å². The first-order valence-corrected chi connectivity index (χ1v) is 29.5. The van der Waals surface area contributed by atoms with Crippen LogP contribution >= 0.6 is 0 Å². The van der Waals surface area contributed by atoms with Crippen LogP contribution in [0.5, 0.6) is 0 Å². The van der Waals surface area contributed by atoms with Crippen LogP contribution in [0.4, 0.5) is 0 Å². The van der Waals surface area contributed by atoms with Crippen LogP contribution in [-0.4, -0.2) is 11.5 Å². The number of aromatic nitrogens is 2. The summed E-state index contributed by atoms with van der Waals surface area (Å²) in [5.41, 5.74) is 20.4. The summed E-state index contributed by atoms with van der Waals surface area (Å²) in [6.45, 7) is 54.7. The fraction of sp³-hybridized carbons (Fsp3) is 0.421. The molecule has 0 radical (unpaired) electrons. The Hall–Kier alpha value is -6.10. The number of hydrogen-bond acceptors (Lipinski definition) is 3. The number of aliphatic imine (C=N–C) groups is 1. The van der Waals surface area contributed by atoms with Gasteiger partial charge in [-0.3, -0.25) is 4.79 Å². The Morgan fingerprint density at radius 2 is 0.659 bits per heavy atom. The number of nitrogens with zero attached hydrogens (tertiary/aromatic N) is 3. The van der Waals surface area contributed by atoms with Crippen molar-refractivity contribution in [2.75, 3.05) is 0 Å². The van der Waals surface area contributed by atoms with Crippen LogP contribution in [0, 0.1) is 0 Å². The molecule has 6 aromatic rings. The van der Waals surface area contributed by atoms with Gasteiger partial charge < -0.3 is 15.3 Å². The SMILES string of the molecule is CC(C)(C)c1cc(C2=C3C=CC(=N3)C(c3cc(C(C)(C)C)cc(C(C)(C)C)c3)=c3ccc([n-]3)=C(c3cc(C(C)(C)C)cc(C(C)(C)C)c3)C3=CC(=O)C(=C(c4cc(C(C)(C)C)cc(C(C)(C)C)c4)c4ccc2[n-]4)N3)cc(C(C)(C)C)c1.[Zn+2]. The van der Waals surface area contributed by atoms with E-state index in [1.807, 2.05) is 0 Å². The molecule has 5 heterocycles. The molecule has 82 heavy (non-hydrogen) atoms. The Bertz CT molecular complexity index is 3720. The summed E-state index contributed by atoms with van der Waals surface area (Å²) in [5, 5.41) is 5.46. The van der Waals surface area contributed by atoms with Gasteiger partial charge in [-0.15, -0.1) is 22.1 Å². The van der Waals surface area contributed by atoms with Crippen LogP contribution in [0.3, 0.4) is 0 Å². The van der Waals surface area contributed by atoms with E-state index in [4.69, 9.17) is 15.0 Å². The molecular formula is C76H92N4OZn. The zero-order chi connectivity index (χ0) is 59.7. The maximum absolute atomic E-state index is 15.6. The summed E-state index contributed by atoms with van der Waals surface area (Å²) in [5.74, 6) is -0.112. The van der Waals surface area contributed by atoms with Crippen molar-refractivity contribution in [2.45, 2.75) is 209 Å². The van der Waals surface area contributed by atoms with Gasteiger partial charge in [-0.1, -0.05) is 263 Å². The fourth-order valence-corrected chi connectivity index (χ4v) is 10.9. The van der Waals surface area contributed by atoms with E-state index in [-0.39, 0.29) is 68.6 Å². The first kappa shape index (κ1) is 62.0. The first-order chi connectivity index (χ1) is 37.1. The van der Waals surface area contributed by atoms with Gasteiger partial charge in [0.25, 0.3) is 0 Å². The number of fused-ring (bicyclic) bond motifs is 7. The van der Waals surface area contributed by atoms with E-state index in [1.54, 1.807) is 6.08 Å². The monoisotopic (exact) mass is 1140 g/mol. The van der Waals surface area contributed by atoms with Crippen molar-refractivity contribution in [3.8, 4) is 0 Å². The van der Waals surface area contributed by atoms with Gasteiger partial charge in [-0.2, -0.15) is 0 Å². The van der Waals surface area contributed by atoms with Crippen molar-refractivity contribution < 1.29 is 24.3 Å². The summed E-state index contributed by atoms with van der Waals surface area (Å²) in [7, 11) is 0. The van der Waals surface area contributed by atoms with E-state index in [0.29, 0.717) is 17.1 Å². The van der Waals surface area contributed by atoms with E-state index in [0.717, 1.165) is 72.3 Å². The summed E-state index contributed by atoms with van der Waals surface area (Å²) >= 11 is 0. The Morgan fingerprint density at radius 3 is 1.01 bits per heavy atom. The number of hydrogen-bond donors (Lipinski definition) is 1. The Kier molecular flexibility index (Phi) is 15.8. The van der Waals surface area contributed by atoms with Gasteiger partial charge in [0.15, 0.2) is 0 Å². The molecule has 0 saturated carbocycles. The molecule has 0 atom stereocenters. The molecule has 0 unspecified atom stereocenters. The molecule has 4 aromatic carbocycles. The third-order valence-corrected chi connectivity index (χ3v) is 16.6. The summed E-state index contributed by atoms with van der Waals surface area (Å²) in [4.78, 5) is 32.9. The van der Waals surface area contributed by atoms with Crippen LogP contribution in [-0.2, 0) is 67.6 Å². The number of rotatable bonds is 4. The molecule has 0 aliphatic carbocycles. The topological polar surface area (TPSA) is 69.7 Å². The molecule has 9 rings (SSSR count). The molecule has 424 valence electrons. The second-order valence-electron chi connectivity index (χ2n) is 31.8. The molecule has 2 aromatic heterocycles. The van der Waals surface area contributed by atoms with Crippen LogP contribution in [0.1, 0.15) is 244 Å². The number of carbonyl (C=O) groups excluding carboxylic acids is 1. The molecule has 3 aliphatic rings. The van der Waals surface area contributed by atoms with Gasteiger partial charge in [-0.05, 0) is 145 Å². The van der Waals surface area contributed by atoms with Crippen molar-refractivity contribution in [1.82, 2.24) is 15.3 Å². The standard InChI is InChI=1S/C76H93N4O.Zn/c1-69(2,3)48-31-44(32-49(39-48)70(4,5)6)64-56-25-26-57(77-56)65(45-33-50(71(7,8)9)40-51(34-45)72(10,11)12)59-29-30-61(79-59)67(47-37-54(75(19,20)21)42-55(38-47)76(22,23)24)68-63(81)43-62(80-68)66(60-28-27-58(64)78-60)46-35-52(73(13,14)15)41-53(36-46)74(16,17)18;/h25-43H,1-24H3,(H2-,77,78,79,80,81);/q-1;+2/p-1. The van der Waals surface area contributed by atoms with E-state index in [9.17, 15) is 0 Å². The van der Waals surface area contributed by atoms with Crippen molar-refractivity contribution in [3.63, 3.8) is 0 Å². The molecule has 0 amide bonds. The molecule has 0 saturated heterocycles. The van der Waals surface area contributed by atoms with Gasteiger partial charge in [-0.25, -0.2) is 4.99 Å². The predicted octanol–water partition coefficient (Wildman–Crippen LogP) is 16.7. The first-order valence-electron chi connectivity index (χ1n) is 29.5. The van der Waals surface area contributed by atoms with E-state index in [1.165, 1.54) is 44.5 Å². The van der Waals surface area contributed by atoms with Crippen molar-refractivity contribution in [1.29, 1.82) is 0 Å². The molecule has 5 nitrogen and oxygen atoms in total. The number of ketones is 1. The Morgan fingerprint density at radius 1 is 0.354 bits per heavy atom. The zero-order valence-corrected chi connectivity index (χ0v) is 57.4. The Balaban J connectivity index is 0.00000880. The maximum atomic E-state index is 15.6. The van der Waals surface area contributed by atoms with Crippen molar-refractivity contribution in [2.24, 2.45) is 4.99 Å². The van der Waals surface area contributed by atoms with Crippen LogP contribution in [0.2, 0.25) is 0 Å². The molecule has 3 aliphatic heterocycles. The van der Waals surface area contributed by atoms with Crippen LogP contribution < -0.4 is 26.0 Å². The van der Waals surface area contributed by atoms with Crippen molar-refractivity contribution in [3.05, 3.63) is 221 Å². The number of allylic oxidation sites excluding steroid dienone is 4. The molecule has 1 N–H and O–H groups in total. The fourth-order valence-electron chi connectivity index (χ4n) is 10.9. The van der Waals surface area contributed by atoms with Gasteiger partial charge in [0, 0.05) is 11.8 Å². The second-order valence-corrected chi connectivity index (χ2v) is 31.8. The summed E-state index contributed by atoms with van der Waals surface area (Å²) < 4.78 is 0. The van der Waals surface area contributed by atoms with Gasteiger partial charge in [0.1, 0.15) is 0 Å². The number of nitrogens with one attached hydrogen (secondary N) is 1.